The second-order valence-corrected chi connectivity index (χ2v) is 7.62. The first kappa shape index (κ1) is 18.2. The predicted molar refractivity (Wildman–Crippen MR) is 102 cm³/mol. The lowest BCUT2D eigenvalue weighted by atomic mass is 10.0. The summed E-state index contributed by atoms with van der Waals surface area (Å²) < 4.78 is 31.0. The van der Waals surface area contributed by atoms with Crippen molar-refractivity contribution in [2.45, 2.75) is 26.8 Å². The molecule has 0 aliphatic heterocycles. The average Bonchev–Trinajstić information content (AvgIpc) is 2.96. The van der Waals surface area contributed by atoms with Crippen molar-refractivity contribution in [1.82, 2.24) is 19.6 Å². The van der Waals surface area contributed by atoms with Crippen molar-refractivity contribution in [3.63, 3.8) is 0 Å². The molecule has 1 N–H and O–H groups in total. The summed E-state index contributed by atoms with van der Waals surface area (Å²) in [4.78, 5) is 8.12. The summed E-state index contributed by atoms with van der Waals surface area (Å²) in [6, 6.07) is 2.49. The van der Waals surface area contributed by atoms with Crippen LogP contribution in [0.2, 0.25) is 5.15 Å². The third-order valence-corrected chi connectivity index (χ3v) is 4.90. The van der Waals surface area contributed by atoms with Crippen LogP contribution in [0.4, 0.5) is 14.6 Å². The Hall–Kier alpha value is -1.55. The highest BCUT2D eigenvalue weighted by molar-refractivity contribution is 14.1. The van der Waals surface area contributed by atoms with Crippen LogP contribution < -0.4 is 5.32 Å². The van der Waals surface area contributed by atoms with E-state index in [9.17, 15) is 8.78 Å². The summed E-state index contributed by atoms with van der Waals surface area (Å²) in [5.41, 5.74) is -0.118. The fourth-order valence-electron chi connectivity index (χ4n) is 2.33. The van der Waals surface area contributed by atoms with Gasteiger partial charge in [-0.1, -0.05) is 25.4 Å². The lowest BCUT2D eigenvalue weighted by molar-refractivity contribution is 0.556. The molecule has 1 aromatic carbocycles. The van der Waals surface area contributed by atoms with E-state index in [4.69, 9.17) is 11.6 Å². The second kappa shape index (κ2) is 6.99. The Morgan fingerprint density at radius 3 is 2.40 bits per heavy atom. The zero-order chi connectivity index (χ0) is 18.3. The SMILES string of the molecule is CC(C)C(C)Nc1c(-c2c(F)cc(I)cc2F)c(Cl)nc2ncnn12. The fourth-order valence-corrected chi connectivity index (χ4v) is 3.14. The molecule has 0 amide bonds. The number of aromatic nitrogens is 4. The zero-order valence-corrected chi connectivity index (χ0v) is 16.6. The Morgan fingerprint density at radius 1 is 1.16 bits per heavy atom. The lowest BCUT2D eigenvalue weighted by Crippen LogP contribution is -2.24. The van der Waals surface area contributed by atoms with Crippen molar-refractivity contribution in [1.29, 1.82) is 0 Å². The highest BCUT2D eigenvalue weighted by atomic mass is 127. The topological polar surface area (TPSA) is 55.1 Å². The van der Waals surface area contributed by atoms with Gasteiger partial charge < -0.3 is 5.32 Å². The molecule has 1 unspecified atom stereocenters. The van der Waals surface area contributed by atoms with Gasteiger partial charge in [-0.25, -0.2) is 8.78 Å². The van der Waals surface area contributed by atoms with Gasteiger partial charge in [0.1, 0.15) is 28.9 Å². The summed E-state index contributed by atoms with van der Waals surface area (Å²) >= 11 is 8.13. The molecule has 0 saturated heterocycles. The van der Waals surface area contributed by atoms with Crippen molar-refractivity contribution in [3.05, 3.63) is 38.8 Å². The minimum atomic E-state index is -0.715. The molecule has 0 saturated carbocycles. The van der Waals surface area contributed by atoms with Gasteiger partial charge in [0.2, 0.25) is 0 Å². The van der Waals surface area contributed by atoms with E-state index < -0.39 is 11.6 Å². The molecule has 0 fully saturated rings. The van der Waals surface area contributed by atoms with Gasteiger partial charge in [-0.15, -0.1) is 0 Å². The maximum Gasteiger partial charge on any atom is 0.255 e. The average molecular weight is 478 g/mol. The Bertz CT molecular complexity index is 921. The zero-order valence-electron chi connectivity index (χ0n) is 13.7. The third-order valence-electron chi connectivity index (χ3n) is 4.00. The minimum Gasteiger partial charge on any atom is -0.367 e. The molecule has 0 aliphatic rings. The summed E-state index contributed by atoms with van der Waals surface area (Å²) in [6.07, 6.45) is 1.31. The van der Waals surface area contributed by atoms with Crippen molar-refractivity contribution >= 4 is 45.8 Å². The first-order chi connectivity index (χ1) is 11.8. The van der Waals surface area contributed by atoms with Gasteiger partial charge in [-0.2, -0.15) is 19.6 Å². The minimum absolute atomic E-state index is 0.000382. The molecule has 3 aromatic rings. The molecule has 0 radical (unpaired) electrons. The second-order valence-electron chi connectivity index (χ2n) is 6.02. The van der Waals surface area contributed by atoms with Gasteiger partial charge in [0, 0.05) is 9.61 Å². The van der Waals surface area contributed by atoms with Gasteiger partial charge in [-0.3, -0.25) is 0 Å². The summed E-state index contributed by atoms with van der Waals surface area (Å²) in [6.45, 7) is 6.03. The van der Waals surface area contributed by atoms with E-state index in [2.05, 4.69) is 20.4 Å². The number of nitrogens with one attached hydrogen (secondary N) is 1. The molecule has 2 heterocycles. The highest BCUT2D eigenvalue weighted by Gasteiger charge is 2.25. The predicted octanol–water partition coefficient (Wildman–Crippen LogP) is 4.78. The quantitative estimate of drug-likeness (QED) is 0.434. The van der Waals surface area contributed by atoms with E-state index in [0.717, 1.165) is 0 Å². The standard InChI is InChI=1S/C16H15ClF2IN5/c1-7(2)8(3)23-15-13(12-10(18)4-9(20)5-11(12)19)14(17)24-16-21-6-22-25(15)16/h4-8,23H,1-3H3. The van der Waals surface area contributed by atoms with E-state index in [1.807, 2.05) is 43.4 Å². The molecule has 5 nitrogen and oxygen atoms in total. The van der Waals surface area contributed by atoms with Crippen LogP contribution in [0.3, 0.4) is 0 Å². The van der Waals surface area contributed by atoms with Crippen LogP contribution in [-0.2, 0) is 0 Å². The largest absolute Gasteiger partial charge is 0.367 e. The van der Waals surface area contributed by atoms with Gasteiger partial charge in [-0.05, 0) is 47.6 Å². The molecule has 0 aliphatic carbocycles. The van der Waals surface area contributed by atoms with Crippen molar-refractivity contribution in [2.75, 3.05) is 5.32 Å². The van der Waals surface area contributed by atoms with Gasteiger partial charge in [0.15, 0.2) is 0 Å². The molecule has 9 heteroatoms. The van der Waals surface area contributed by atoms with Crippen molar-refractivity contribution < 1.29 is 8.78 Å². The number of rotatable bonds is 4. The number of halogens is 4. The molecule has 0 spiro atoms. The van der Waals surface area contributed by atoms with Crippen LogP contribution >= 0.6 is 34.2 Å². The smallest absolute Gasteiger partial charge is 0.255 e. The molecule has 0 bridgehead atoms. The Labute approximate surface area is 162 Å². The molecular weight excluding hydrogens is 463 g/mol. The number of benzene rings is 1. The van der Waals surface area contributed by atoms with E-state index in [-0.39, 0.29) is 34.0 Å². The van der Waals surface area contributed by atoms with E-state index >= 15 is 0 Å². The van der Waals surface area contributed by atoms with Crippen LogP contribution in [-0.4, -0.2) is 25.6 Å². The fraction of sp³-hybridized carbons (Fsp3) is 0.312. The van der Waals surface area contributed by atoms with Crippen LogP contribution in [0.1, 0.15) is 20.8 Å². The molecule has 132 valence electrons. The van der Waals surface area contributed by atoms with E-state index in [0.29, 0.717) is 9.39 Å². The van der Waals surface area contributed by atoms with Crippen molar-refractivity contribution in [2.24, 2.45) is 5.92 Å². The Kier molecular flexibility index (Phi) is 5.10. The normalized spacial score (nSPS) is 12.8. The summed E-state index contributed by atoms with van der Waals surface area (Å²) in [5, 5.41) is 7.32. The van der Waals surface area contributed by atoms with E-state index in [1.165, 1.54) is 23.0 Å². The van der Waals surface area contributed by atoms with Gasteiger partial charge in [0.05, 0.1) is 11.1 Å². The van der Waals surface area contributed by atoms with Gasteiger partial charge >= 0.3 is 0 Å². The Balaban J connectivity index is 2.32. The molecule has 1 atom stereocenters. The molecule has 3 rings (SSSR count). The van der Waals surface area contributed by atoms with Crippen LogP contribution in [0.15, 0.2) is 18.5 Å². The van der Waals surface area contributed by atoms with E-state index in [1.54, 1.807) is 0 Å². The number of anilines is 1. The molecule has 25 heavy (non-hydrogen) atoms. The molecular formula is C16H15ClF2IN5. The Morgan fingerprint density at radius 2 is 1.80 bits per heavy atom. The summed E-state index contributed by atoms with van der Waals surface area (Å²) in [5.74, 6) is -0.559. The van der Waals surface area contributed by atoms with Crippen LogP contribution in [0, 0.1) is 21.1 Å². The number of hydrogen-bond acceptors (Lipinski definition) is 4. The molecule has 2 aromatic heterocycles. The monoisotopic (exact) mass is 477 g/mol. The van der Waals surface area contributed by atoms with Crippen LogP contribution in [0.5, 0.6) is 0 Å². The first-order valence-corrected chi connectivity index (χ1v) is 9.06. The first-order valence-electron chi connectivity index (χ1n) is 7.60. The number of hydrogen-bond donors (Lipinski definition) is 1. The third kappa shape index (κ3) is 3.41. The van der Waals surface area contributed by atoms with Crippen molar-refractivity contribution in [3.8, 4) is 11.1 Å². The maximum absolute atomic E-state index is 14.6. The number of fused-ring (bicyclic) bond motifs is 1. The number of nitrogens with zero attached hydrogens (tertiary/aromatic N) is 4. The highest BCUT2D eigenvalue weighted by Crippen LogP contribution is 2.38. The lowest BCUT2D eigenvalue weighted by Gasteiger charge is -2.22. The van der Waals surface area contributed by atoms with Crippen LogP contribution in [0.25, 0.3) is 16.9 Å². The summed E-state index contributed by atoms with van der Waals surface area (Å²) in [7, 11) is 0. The van der Waals surface area contributed by atoms with Gasteiger partial charge in [0.25, 0.3) is 5.78 Å². The maximum atomic E-state index is 14.6.